The number of hydrogen-bond acceptors (Lipinski definition) is 1. The number of aryl methyl sites for hydroxylation is 1. The van der Waals surface area contributed by atoms with Crippen LogP contribution < -0.4 is 5.32 Å². The summed E-state index contributed by atoms with van der Waals surface area (Å²) in [6.45, 7) is 4.24. The summed E-state index contributed by atoms with van der Waals surface area (Å²) in [7, 11) is 0. The number of benzene rings is 2. The van der Waals surface area contributed by atoms with Crippen molar-refractivity contribution in [3.05, 3.63) is 63.1 Å². The number of nitrogens with one attached hydrogen (secondary N) is 1. The van der Waals surface area contributed by atoms with E-state index in [4.69, 9.17) is 11.6 Å². The molecule has 0 saturated carbocycles. The SMILES string of the molecule is CCC(Nc1cc(C)ccc1Cl)c1cccc(Br)c1. The minimum absolute atomic E-state index is 0.261. The predicted octanol–water partition coefficient (Wildman–Crippen LogP) is 5.97. The van der Waals surface area contributed by atoms with E-state index in [1.165, 1.54) is 11.1 Å². The molecule has 2 aromatic carbocycles. The predicted molar refractivity (Wildman–Crippen MR) is 87.0 cm³/mol. The number of halogens is 2. The Morgan fingerprint density at radius 3 is 2.68 bits per heavy atom. The first kappa shape index (κ1) is 14.4. The smallest absolute Gasteiger partial charge is 0.0637 e. The molecule has 1 N–H and O–H groups in total. The molecule has 1 atom stereocenters. The molecule has 2 rings (SSSR count). The lowest BCUT2D eigenvalue weighted by Crippen LogP contribution is -2.10. The molecule has 0 bridgehead atoms. The quantitative estimate of drug-likeness (QED) is 0.723. The maximum atomic E-state index is 6.24. The number of hydrogen-bond donors (Lipinski definition) is 1. The fraction of sp³-hybridized carbons (Fsp3) is 0.250. The van der Waals surface area contributed by atoms with Gasteiger partial charge in [0.15, 0.2) is 0 Å². The zero-order valence-corrected chi connectivity index (χ0v) is 13.4. The van der Waals surface area contributed by atoms with Crippen LogP contribution in [0.3, 0.4) is 0 Å². The second kappa shape index (κ2) is 6.44. The van der Waals surface area contributed by atoms with Crippen LogP contribution >= 0.6 is 27.5 Å². The van der Waals surface area contributed by atoms with E-state index in [0.29, 0.717) is 0 Å². The molecule has 0 aromatic heterocycles. The second-order valence-corrected chi connectivity index (χ2v) is 5.97. The molecule has 19 heavy (non-hydrogen) atoms. The highest BCUT2D eigenvalue weighted by Crippen LogP contribution is 2.29. The van der Waals surface area contributed by atoms with Crippen LogP contribution in [-0.4, -0.2) is 0 Å². The third-order valence-corrected chi connectivity index (χ3v) is 3.93. The minimum Gasteiger partial charge on any atom is -0.377 e. The van der Waals surface area contributed by atoms with Crippen molar-refractivity contribution in [1.29, 1.82) is 0 Å². The second-order valence-electron chi connectivity index (χ2n) is 4.64. The minimum atomic E-state index is 0.261. The van der Waals surface area contributed by atoms with E-state index in [2.05, 4.69) is 59.4 Å². The molecule has 0 aliphatic heterocycles. The summed E-state index contributed by atoms with van der Waals surface area (Å²) in [4.78, 5) is 0. The van der Waals surface area contributed by atoms with Gasteiger partial charge in [0.2, 0.25) is 0 Å². The third-order valence-electron chi connectivity index (χ3n) is 3.11. The molecular formula is C16H17BrClN. The maximum Gasteiger partial charge on any atom is 0.0637 e. The van der Waals surface area contributed by atoms with Crippen LogP contribution in [-0.2, 0) is 0 Å². The highest BCUT2D eigenvalue weighted by Gasteiger charge is 2.11. The van der Waals surface area contributed by atoms with Crippen LogP contribution in [0.4, 0.5) is 5.69 Å². The first-order valence-electron chi connectivity index (χ1n) is 6.38. The lowest BCUT2D eigenvalue weighted by atomic mass is 10.0. The molecule has 1 unspecified atom stereocenters. The van der Waals surface area contributed by atoms with Crippen molar-refractivity contribution in [3.8, 4) is 0 Å². The summed E-state index contributed by atoms with van der Waals surface area (Å²) >= 11 is 9.76. The molecule has 100 valence electrons. The summed E-state index contributed by atoms with van der Waals surface area (Å²) < 4.78 is 1.10. The Bertz CT molecular complexity index is 568. The molecule has 0 heterocycles. The topological polar surface area (TPSA) is 12.0 Å². The highest BCUT2D eigenvalue weighted by atomic mass is 79.9. The summed E-state index contributed by atoms with van der Waals surface area (Å²) in [5.74, 6) is 0. The molecule has 3 heteroatoms. The van der Waals surface area contributed by atoms with E-state index >= 15 is 0 Å². The summed E-state index contributed by atoms with van der Waals surface area (Å²) in [5.41, 5.74) is 3.46. The van der Waals surface area contributed by atoms with Crippen molar-refractivity contribution < 1.29 is 0 Å². The lowest BCUT2D eigenvalue weighted by Gasteiger charge is -2.20. The summed E-state index contributed by atoms with van der Waals surface area (Å²) in [6, 6.07) is 14.7. The normalized spacial score (nSPS) is 12.2. The van der Waals surface area contributed by atoms with Crippen molar-refractivity contribution in [2.24, 2.45) is 0 Å². The molecule has 0 fully saturated rings. The Kier molecular flexibility index (Phi) is 4.89. The first-order chi connectivity index (χ1) is 9.10. The van der Waals surface area contributed by atoms with Crippen LogP contribution in [0.5, 0.6) is 0 Å². The van der Waals surface area contributed by atoms with Gasteiger partial charge < -0.3 is 5.32 Å². The van der Waals surface area contributed by atoms with Gasteiger partial charge in [-0.15, -0.1) is 0 Å². The van der Waals surface area contributed by atoms with Gasteiger partial charge >= 0.3 is 0 Å². The zero-order valence-electron chi connectivity index (χ0n) is 11.1. The number of anilines is 1. The molecular weight excluding hydrogens is 322 g/mol. The van der Waals surface area contributed by atoms with Gasteiger partial charge in [0.05, 0.1) is 16.8 Å². The van der Waals surface area contributed by atoms with Gasteiger partial charge in [-0.05, 0) is 48.7 Å². The van der Waals surface area contributed by atoms with E-state index < -0.39 is 0 Å². The molecule has 0 amide bonds. The van der Waals surface area contributed by atoms with Gasteiger partial charge in [0.1, 0.15) is 0 Å². The fourth-order valence-electron chi connectivity index (χ4n) is 2.08. The standard InChI is InChI=1S/C16H17BrClN/c1-3-15(12-5-4-6-13(17)10-12)19-16-9-11(2)7-8-14(16)18/h4-10,15,19H,3H2,1-2H3. The van der Waals surface area contributed by atoms with Crippen molar-refractivity contribution in [3.63, 3.8) is 0 Å². The Morgan fingerprint density at radius 1 is 1.21 bits per heavy atom. The molecule has 1 nitrogen and oxygen atoms in total. The Hall–Kier alpha value is -0.990. The average molecular weight is 339 g/mol. The van der Waals surface area contributed by atoms with Gasteiger partial charge in [0.25, 0.3) is 0 Å². The molecule has 0 saturated heterocycles. The van der Waals surface area contributed by atoms with Crippen LogP contribution in [0, 0.1) is 6.92 Å². The van der Waals surface area contributed by atoms with E-state index in [0.717, 1.165) is 21.6 Å². The van der Waals surface area contributed by atoms with E-state index in [9.17, 15) is 0 Å². The monoisotopic (exact) mass is 337 g/mol. The van der Waals surface area contributed by atoms with Crippen molar-refractivity contribution in [1.82, 2.24) is 0 Å². The van der Waals surface area contributed by atoms with Gasteiger partial charge in [-0.1, -0.05) is 52.7 Å². The average Bonchev–Trinajstić information content (AvgIpc) is 2.39. The van der Waals surface area contributed by atoms with Gasteiger partial charge in [-0.25, -0.2) is 0 Å². The Morgan fingerprint density at radius 2 is 2.00 bits per heavy atom. The van der Waals surface area contributed by atoms with E-state index in [1.807, 2.05) is 18.2 Å². The summed E-state index contributed by atoms with van der Waals surface area (Å²) in [6.07, 6.45) is 1.00. The molecule has 2 aromatic rings. The van der Waals surface area contributed by atoms with E-state index in [-0.39, 0.29) is 6.04 Å². The number of rotatable bonds is 4. The Labute approximate surface area is 128 Å². The Balaban J connectivity index is 2.26. The van der Waals surface area contributed by atoms with Crippen molar-refractivity contribution in [2.75, 3.05) is 5.32 Å². The zero-order chi connectivity index (χ0) is 13.8. The molecule has 0 spiro atoms. The van der Waals surface area contributed by atoms with Crippen LogP contribution in [0.15, 0.2) is 46.9 Å². The summed E-state index contributed by atoms with van der Waals surface area (Å²) in [5, 5.41) is 4.29. The molecule has 0 radical (unpaired) electrons. The van der Waals surface area contributed by atoms with Crippen LogP contribution in [0.1, 0.15) is 30.5 Å². The van der Waals surface area contributed by atoms with Gasteiger partial charge in [-0.3, -0.25) is 0 Å². The third kappa shape index (κ3) is 3.74. The van der Waals surface area contributed by atoms with Crippen molar-refractivity contribution >= 4 is 33.2 Å². The van der Waals surface area contributed by atoms with Gasteiger partial charge in [0, 0.05) is 4.47 Å². The van der Waals surface area contributed by atoms with Gasteiger partial charge in [-0.2, -0.15) is 0 Å². The van der Waals surface area contributed by atoms with Crippen LogP contribution in [0.25, 0.3) is 0 Å². The first-order valence-corrected chi connectivity index (χ1v) is 7.55. The highest BCUT2D eigenvalue weighted by molar-refractivity contribution is 9.10. The fourth-order valence-corrected chi connectivity index (χ4v) is 2.67. The molecule has 0 aliphatic rings. The lowest BCUT2D eigenvalue weighted by molar-refractivity contribution is 0.749. The largest absolute Gasteiger partial charge is 0.377 e. The molecule has 0 aliphatic carbocycles. The van der Waals surface area contributed by atoms with E-state index in [1.54, 1.807) is 0 Å². The van der Waals surface area contributed by atoms with Crippen LogP contribution in [0.2, 0.25) is 5.02 Å². The van der Waals surface area contributed by atoms with Crippen molar-refractivity contribution in [2.45, 2.75) is 26.3 Å². The maximum absolute atomic E-state index is 6.24.